The van der Waals surface area contributed by atoms with Crippen molar-refractivity contribution in [3.63, 3.8) is 0 Å². The predicted octanol–water partition coefficient (Wildman–Crippen LogP) is 2.45. The van der Waals surface area contributed by atoms with Crippen LogP contribution in [0.4, 0.5) is 0 Å². The average Bonchev–Trinajstić information content (AvgIpc) is 3.24. The molecular formula is C22H34N2O7S2. The number of thiol groups is 1. The van der Waals surface area contributed by atoms with Crippen molar-refractivity contribution >= 4 is 36.2 Å². The largest absolute Gasteiger partial charge is 0.494 e. The first-order valence-corrected chi connectivity index (χ1v) is 12.6. The molecule has 0 saturated carbocycles. The highest BCUT2D eigenvalue weighted by Gasteiger charge is 2.22. The monoisotopic (exact) mass is 502 g/mol. The van der Waals surface area contributed by atoms with Crippen molar-refractivity contribution in [3.8, 4) is 11.8 Å². The first-order valence-electron chi connectivity index (χ1n) is 11.1. The summed E-state index contributed by atoms with van der Waals surface area (Å²) in [5, 5.41) is 20.8. The van der Waals surface area contributed by atoms with Crippen LogP contribution in [0.15, 0.2) is 23.1 Å². The normalized spacial score (nSPS) is 14.5. The summed E-state index contributed by atoms with van der Waals surface area (Å²) in [6, 6.07) is 1.57. The Kier molecular flexibility index (Phi) is 12.8. The standard InChI is InChI=1S/C22H34N2O7S2/c1-2-3-17(32)6-15-33-18-16-21(27)24(22(18)28)8-10-30-12-14-31-13-11-29-9-7-23-19(25)4-5-20(23)26/h4-5,16-17,27-28,32H,2-3,6-15H2,1H3. The van der Waals surface area contributed by atoms with Crippen molar-refractivity contribution < 1.29 is 34.0 Å². The summed E-state index contributed by atoms with van der Waals surface area (Å²) in [5.74, 6) is 0.254. The van der Waals surface area contributed by atoms with Gasteiger partial charge in [0.2, 0.25) is 5.88 Å². The summed E-state index contributed by atoms with van der Waals surface area (Å²) >= 11 is 6.05. The van der Waals surface area contributed by atoms with Gasteiger partial charge in [-0.3, -0.25) is 19.1 Å². The lowest BCUT2D eigenvalue weighted by molar-refractivity contribution is -0.137. The number of thioether (sulfide) groups is 1. The van der Waals surface area contributed by atoms with E-state index in [9.17, 15) is 19.8 Å². The molecule has 2 rings (SSSR count). The highest BCUT2D eigenvalue weighted by molar-refractivity contribution is 7.99. The number of nitrogens with zero attached hydrogens (tertiary/aromatic N) is 2. The van der Waals surface area contributed by atoms with Gasteiger partial charge in [-0.15, -0.1) is 11.8 Å². The van der Waals surface area contributed by atoms with Crippen molar-refractivity contribution in [1.82, 2.24) is 9.47 Å². The number of amides is 2. The van der Waals surface area contributed by atoms with E-state index in [2.05, 4.69) is 19.6 Å². The van der Waals surface area contributed by atoms with Crippen LogP contribution >= 0.6 is 24.4 Å². The second-order valence-electron chi connectivity index (χ2n) is 7.42. The summed E-state index contributed by atoms with van der Waals surface area (Å²) in [6.07, 6.45) is 5.60. The van der Waals surface area contributed by atoms with E-state index >= 15 is 0 Å². The minimum Gasteiger partial charge on any atom is -0.494 e. The summed E-state index contributed by atoms with van der Waals surface area (Å²) in [7, 11) is 0. The van der Waals surface area contributed by atoms with Gasteiger partial charge in [-0.1, -0.05) is 13.3 Å². The van der Waals surface area contributed by atoms with Gasteiger partial charge in [0.1, 0.15) is 0 Å². The number of carbonyl (C=O) groups is 2. The van der Waals surface area contributed by atoms with Crippen molar-refractivity contribution in [2.24, 2.45) is 0 Å². The molecule has 0 bridgehead atoms. The Morgan fingerprint density at radius 2 is 1.52 bits per heavy atom. The highest BCUT2D eigenvalue weighted by Crippen LogP contribution is 2.36. The number of aromatic hydroxyl groups is 2. The Hall–Kier alpha value is -1.66. The molecule has 2 heterocycles. The zero-order chi connectivity index (χ0) is 24.1. The zero-order valence-corrected chi connectivity index (χ0v) is 20.7. The molecule has 1 aliphatic rings. The van der Waals surface area contributed by atoms with Crippen molar-refractivity contribution in [3.05, 3.63) is 18.2 Å². The molecule has 33 heavy (non-hydrogen) atoms. The van der Waals surface area contributed by atoms with Gasteiger partial charge in [0.25, 0.3) is 11.8 Å². The number of ether oxygens (including phenoxy) is 3. The van der Waals surface area contributed by atoms with Crippen LogP contribution in [0.2, 0.25) is 0 Å². The van der Waals surface area contributed by atoms with E-state index in [0.29, 0.717) is 49.7 Å². The summed E-state index contributed by atoms with van der Waals surface area (Å²) in [6.45, 7) is 4.73. The van der Waals surface area contributed by atoms with E-state index in [1.807, 2.05) is 0 Å². The second kappa shape index (κ2) is 15.3. The van der Waals surface area contributed by atoms with Gasteiger partial charge in [-0.25, -0.2) is 0 Å². The predicted molar refractivity (Wildman–Crippen MR) is 129 cm³/mol. The van der Waals surface area contributed by atoms with E-state index in [1.54, 1.807) is 6.07 Å². The average molecular weight is 503 g/mol. The SMILES string of the molecule is CCCC(S)CCSc1cc(O)n(CCOCCOCCOCCN2C(=O)C=CC2=O)c1O. The van der Waals surface area contributed by atoms with Crippen molar-refractivity contribution in [1.29, 1.82) is 0 Å². The van der Waals surface area contributed by atoms with Crippen LogP contribution in [-0.2, 0) is 30.3 Å². The van der Waals surface area contributed by atoms with E-state index in [-0.39, 0.29) is 36.7 Å². The number of carbonyl (C=O) groups excluding carboxylic acids is 2. The maximum absolute atomic E-state index is 11.4. The van der Waals surface area contributed by atoms with Gasteiger partial charge in [-0.05, 0) is 18.6 Å². The number of hydrogen-bond acceptors (Lipinski definition) is 9. The fraction of sp³-hybridized carbons (Fsp3) is 0.636. The molecular weight excluding hydrogens is 468 g/mol. The molecule has 2 amide bonds. The molecule has 1 aliphatic heterocycles. The lowest BCUT2D eigenvalue weighted by Gasteiger charge is -2.13. The molecule has 11 heteroatoms. The molecule has 2 N–H and O–H groups in total. The van der Waals surface area contributed by atoms with Crippen LogP contribution in [0.5, 0.6) is 11.8 Å². The Bertz CT molecular complexity index is 767. The quantitative estimate of drug-likeness (QED) is 0.122. The van der Waals surface area contributed by atoms with Crippen molar-refractivity contribution in [2.45, 2.75) is 42.9 Å². The van der Waals surface area contributed by atoms with Crippen LogP contribution in [0.3, 0.4) is 0 Å². The number of rotatable bonds is 18. The van der Waals surface area contributed by atoms with Crippen LogP contribution in [0, 0.1) is 0 Å². The Labute approximate surface area is 204 Å². The molecule has 9 nitrogen and oxygen atoms in total. The number of imide groups is 1. The van der Waals surface area contributed by atoms with Crippen molar-refractivity contribution in [2.75, 3.05) is 51.9 Å². The lowest BCUT2D eigenvalue weighted by Crippen LogP contribution is -2.33. The fourth-order valence-corrected chi connectivity index (χ4v) is 4.73. The zero-order valence-electron chi connectivity index (χ0n) is 19.0. The molecule has 1 atom stereocenters. The number of aromatic nitrogens is 1. The van der Waals surface area contributed by atoms with E-state index < -0.39 is 0 Å². The minimum absolute atomic E-state index is 0.0103. The first-order chi connectivity index (χ1) is 15.9. The number of hydrogen-bond donors (Lipinski definition) is 3. The van der Waals surface area contributed by atoms with Gasteiger partial charge < -0.3 is 24.4 Å². The maximum Gasteiger partial charge on any atom is 0.253 e. The van der Waals surface area contributed by atoms with Gasteiger partial charge in [0, 0.05) is 23.5 Å². The fourth-order valence-electron chi connectivity index (χ4n) is 3.12. The third-order valence-electron chi connectivity index (χ3n) is 4.91. The van der Waals surface area contributed by atoms with Crippen LogP contribution in [0.25, 0.3) is 0 Å². The topological polar surface area (TPSA) is 110 Å². The minimum atomic E-state index is -0.317. The van der Waals surface area contributed by atoms with E-state index in [0.717, 1.165) is 29.9 Å². The van der Waals surface area contributed by atoms with Crippen LogP contribution in [0.1, 0.15) is 26.2 Å². The molecule has 0 radical (unpaired) electrons. The Balaban J connectivity index is 1.49. The van der Waals surface area contributed by atoms with Crippen LogP contribution in [-0.4, -0.2) is 88.7 Å². The molecule has 1 aromatic heterocycles. The molecule has 0 fully saturated rings. The second-order valence-corrected chi connectivity index (χ2v) is 9.29. The molecule has 0 spiro atoms. The third kappa shape index (κ3) is 9.62. The lowest BCUT2D eigenvalue weighted by atomic mass is 10.2. The van der Waals surface area contributed by atoms with Gasteiger partial charge in [0.15, 0.2) is 5.88 Å². The Morgan fingerprint density at radius 3 is 2.12 bits per heavy atom. The third-order valence-corrected chi connectivity index (χ3v) is 6.47. The molecule has 1 unspecified atom stereocenters. The van der Waals surface area contributed by atoms with Gasteiger partial charge >= 0.3 is 0 Å². The van der Waals surface area contributed by atoms with E-state index in [1.165, 1.54) is 28.5 Å². The molecule has 186 valence electrons. The summed E-state index contributed by atoms with van der Waals surface area (Å²) in [4.78, 5) is 24.5. The molecule has 0 saturated heterocycles. The van der Waals surface area contributed by atoms with Crippen LogP contribution < -0.4 is 0 Å². The smallest absolute Gasteiger partial charge is 0.253 e. The van der Waals surface area contributed by atoms with Gasteiger partial charge in [-0.2, -0.15) is 12.6 Å². The Morgan fingerprint density at radius 1 is 0.939 bits per heavy atom. The van der Waals surface area contributed by atoms with E-state index in [4.69, 9.17) is 14.2 Å². The molecule has 0 aromatic carbocycles. The highest BCUT2D eigenvalue weighted by atomic mass is 32.2. The molecule has 0 aliphatic carbocycles. The summed E-state index contributed by atoms with van der Waals surface area (Å²) < 4.78 is 17.7. The summed E-state index contributed by atoms with van der Waals surface area (Å²) in [5.41, 5.74) is 0. The van der Waals surface area contributed by atoms with Gasteiger partial charge in [0.05, 0.1) is 57.6 Å². The maximum atomic E-state index is 11.4. The molecule has 1 aromatic rings. The first kappa shape index (κ1) is 27.6.